The molecule has 2 aromatic rings. The second-order valence-electron chi connectivity index (χ2n) is 12.2. The highest BCUT2D eigenvalue weighted by molar-refractivity contribution is 7.91. The van der Waals surface area contributed by atoms with E-state index in [0.717, 1.165) is 17.0 Å². The van der Waals surface area contributed by atoms with Gasteiger partial charge < -0.3 is 19.8 Å². The summed E-state index contributed by atoms with van der Waals surface area (Å²) in [4.78, 5) is 40.8. The minimum atomic E-state index is -5.08. The minimum Gasteiger partial charge on any atom is -0.497 e. The van der Waals surface area contributed by atoms with Crippen LogP contribution in [-0.4, -0.2) is 84.8 Å². The molecule has 48 heavy (non-hydrogen) atoms. The molecule has 16 heteroatoms. The number of ketones is 2. The molecule has 1 aliphatic heterocycles. The summed E-state index contributed by atoms with van der Waals surface area (Å²) < 4.78 is 103. The number of hydrogen-bond donors (Lipinski definition) is 2. The molecule has 1 saturated heterocycles. The van der Waals surface area contributed by atoms with E-state index in [4.69, 9.17) is 16.3 Å². The van der Waals surface area contributed by atoms with Gasteiger partial charge in [0.1, 0.15) is 5.75 Å². The summed E-state index contributed by atoms with van der Waals surface area (Å²) in [5.41, 5.74) is -0.440. The van der Waals surface area contributed by atoms with Crippen LogP contribution in [0.5, 0.6) is 5.75 Å². The SMILES string of the molecule is COc1ccc(CS(=O)(=O)[C@@H]2C[C@@H](C(=O)C[C@@H](C(C)C)C(O)C(F)(F)F)N(C(=O)[C@H](CO)CC(=O)C(F)(F)c3cccc(Cl)c3)C2)cc1. The number of likely N-dealkylation sites (tertiary alicyclic amines) is 1. The minimum absolute atomic E-state index is 0.0922. The third-order valence-corrected chi connectivity index (χ3v) is 10.9. The Bertz CT molecular complexity index is 1570. The molecule has 5 atom stereocenters. The first-order valence-electron chi connectivity index (χ1n) is 14.9. The molecule has 0 spiro atoms. The zero-order chi connectivity index (χ0) is 36.2. The largest absolute Gasteiger partial charge is 0.497 e. The van der Waals surface area contributed by atoms with Crippen LogP contribution in [0.25, 0.3) is 0 Å². The maximum atomic E-state index is 15.1. The first-order chi connectivity index (χ1) is 22.2. The van der Waals surface area contributed by atoms with Gasteiger partial charge >= 0.3 is 12.1 Å². The fourth-order valence-electron chi connectivity index (χ4n) is 5.66. The molecule has 1 heterocycles. The van der Waals surface area contributed by atoms with E-state index in [1.165, 1.54) is 57.4 Å². The first-order valence-corrected chi connectivity index (χ1v) is 17.0. The lowest BCUT2D eigenvalue weighted by atomic mass is 9.83. The lowest BCUT2D eigenvalue weighted by Crippen LogP contribution is -2.47. The summed E-state index contributed by atoms with van der Waals surface area (Å²) in [6.07, 6.45) is -10.6. The third-order valence-electron chi connectivity index (χ3n) is 8.53. The standard InChI is InChI=1S/C32H37ClF5NO8S/c1-18(2)25(29(43)32(36,37)38)14-27(41)26-13-24(48(45,46)17-19-7-9-23(47-3)10-8-19)15-39(26)30(44)20(16-40)11-28(42)31(34,35)21-5-4-6-22(33)12-21/h4-10,12,18,20,24-26,29,40,43H,11,13-17H2,1-3H3/t20-,24+,25-,26-,29?/m0/s1. The molecule has 0 saturated carbocycles. The van der Waals surface area contributed by atoms with Crippen LogP contribution < -0.4 is 4.74 Å². The van der Waals surface area contributed by atoms with E-state index in [2.05, 4.69) is 0 Å². The molecule has 2 N–H and O–H groups in total. The van der Waals surface area contributed by atoms with Crippen molar-refractivity contribution in [3.8, 4) is 5.75 Å². The number of nitrogens with zero attached hydrogens (tertiary/aromatic N) is 1. The predicted molar refractivity (Wildman–Crippen MR) is 165 cm³/mol. The Labute approximate surface area is 279 Å². The highest BCUT2D eigenvalue weighted by atomic mass is 35.5. The quantitative estimate of drug-likeness (QED) is 0.251. The van der Waals surface area contributed by atoms with Crippen LogP contribution in [0.4, 0.5) is 22.0 Å². The molecule has 9 nitrogen and oxygen atoms in total. The number of rotatable bonds is 15. The molecule has 2 aromatic carbocycles. The van der Waals surface area contributed by atoms with Crippen LogP contribution in [-0.2, 0) is 35.9 Å². The smallest absolute Gasteiger partial charge is 0.414 e. The monoisotopic (exact) mass is 725 g/mol. The summed E-state index contributed by atoms with van der Waals surface area (Å²) in [6, 6.07) is 8.62. The van der Waals surface area contributed by atoms with Gasteiger partial charge in [0.05, 0.1) is 36.7 Å². The number of benzene rings is 2. The van der Waals surface area contributed by atoms with Crippen molar-refractivity contribution in [1.29, 1.82) is 0 Å². The van der Waals surface area contributed by atoms with E-state index in [1.54, 1.807) is 0 Å². The highest BCUT2D eigenvalue weighted by Gasteiger charge is 2.50. The van der Waals surface area contributed by atoms with Gasteiger partial charge in [-0.25, -0.2) is 8.42 Å². The van der Waals surface area contributed by atoms with Crippen molar-refractivity contribution >= 4 is 38.9 Å². The summed E-state index contributed by atoms with van der Waals surface area (Å²) in [6.45, 7) is 0.899. The van der Waals surface area contributed by atoms with Crippen LogP contribution in [0.2, 0.25) is 5.02 Å². The lowest BCUT2D eigenvalue weighted by Gasteiger charge is -2.31. The van der Waals surface area contributed by atoms with Crippen molar-refractivity contribution in [2.75, 3.05) is 20.3 Å². The number of sulfone groups is 1. The molecule has 1 fully saturated rings. The van der Waals surface area contributed by atoms with Crippen molar-refractivity contribution in [3.63, 3.8) is 0 Å². The zero-order valence-corrected chi connectivity index (χ0v) is 27.9. The van der Waals surface area contributed by atoms with Crippen LogP contribution in [0.15, 0.2) is 48.5 Å². The fourth-order valence-corrected chi connectivity index (χ4v) is 7.61. The third kappa shape index (κ3) is 9.30. The average Bonchev–Trinajstić information content (AvgIpc) is 3.48. The Morgan fingerprint density at radius 3 is 2.19 bits per heavy atom. The van der Waals surface area contributed by atoms with Crippen molar-refractivity contribution in [2.45, 2.75) is 68.4 Å². The molecule has 1 unspecified atom stereocenters. The number of hydrogen-bond acceptors (Lipinski definition) is 8. The van der Waals surface area contributed by atoms with Gasteiger partial charge in [-0.15, -0.1) is 0 Å². The summed E-state index contributed by atoms with van der Waals surface area (Å²) in [5, 5.41) is 18.5. The molecule has 1 amide bonds. The van der Waals surface area contributed by atoms with Gasteiger partial charge in [-0.2, -0.15) is 22.0 Å². The van der Waals surface area contributed by atoms with Gasteiger partial charge in [0.15, 0.2) is 21.7 Å². The Morgan fingerprint density at radius 1 is 1.04 bits per heavy atom. The second kappa shape index (κ2) is 15.6. The summed E-state index contributed by atoms with van der Waals surface area (Å²) in [5.74, 6) is -12.6. The van der Waals surface area contributed by atoms with Crippen molar-refractivity contribution in [3.05, 3.63) is 64.7 Å². The van der Waals surface area contributed by atoms with E-state index < -0.39 is 118 Å². The van der Waals surface area contributed by atoms with Gasteiger partial charge in [-0.3, -0.25) is 14.4 Å². The van der Waals surface area contributed by atoms with E-state index in [0.29, 0.717) is 11.3 Å². The van der Waals surface area contributed by atoms with Crippen LogP contribution in [0, 0.1) is 17.8 Å². The zero-order valence-electron chi connectivity index (χ0n) is 26.3. The molecule has 0 aliphatic carbocycles. The van der Waals surface area contributed by atoms with Gasteiger partial charge in [-0.1, -0.05) is 49.7 Å². The Balaban J connectivity index is 1.94. The molecule has 3 rings (SSSR count). The second-order valence-corrected chi connectivity index (χ2v) is 14.9. The van der Waals surface area contributed by atoms with Gasteiger partial charge in [0.25, 0.3) is 0 Å². The van der Waals surface area contributed by atoms with Gasteiger partial charge in [-0.05, 0) is 42.2 Å². The molecule has 1 aliphatic rings. The number of carbonyl (C=O) groups excluding carboxylic acids is 3. The number of halogens is 6. The lowest BCUT2D eigenvalue weighted by molar-refractivity contribution is -0.224. The molecular formula is C32H37ClF5NO8S. The Kier molecular flexibility index (Phi) is 12.8. The maximum Gasteiger partial charge on any atom is 0.414 e. The van der Waals surface area contributed by atoms with Crippen molar-refractivity contribution < 1.29 is 59.7 Å². The van der Waals surface area contributed by atoms with Crippen LogP contribution in [0.1, 0.15) is 44.2 Å². The molecule has 0 radical (unpaired) electrons. The van der Waals surface area contributed by atoms with Crippen molar-refractivity contribution in [2.24, 2.45) is 17.8 Å². The Hall–Kier alpha value is -3.14. The molecule has 266 valence electrons. The van der Waals surface area contributed by atoms with E-state index in [1.807, 2.05) is 0 Å². The van der Waals surface area contributed by atoms with Gasteiger partial charge in [0, 0.05) is 35.9 Å². The van der Waals surface area contributed by atoms with Crippen molar-refractivity contribution in [1.82, 2.24) is 4.90 Å². The predicted octanol–water partition coefficient (Wildman–Crippen LogP) is 4.75. The molecule has 0 aromatic heterocycles. The number of amides is 1. The number of methoxy groups -OCH3 is 1. The summed E-state index contributed by atoms with van der Waals surface area (Å²) >= 11 is 5.78. The van der Waals surface area contributed by atoms with E-state index in [9.17, 15) is 46.2 Å². The van der Waals surface area contributed by atoms with E-state index >= 15 is 8.78 Å². The number of ether oxygens (including phenoxy) is 1. The normalized spacial score (nSPS) is 19.2. The van der Waals surface area contributed by atoms with Crippen LogP contribution >= 0.6 is 11.6 Å². The number of aliphatic hydroxyl groups is 2. The highest BCUT2D eigenvalue weighted by Crippen LogP contribution is 2.37. The maximum absolute atomic E-state index is 15.1. The number of aliphatic hydroxyl groups excluding tert-OH is 2. The van der Waals surface area contributed by atoms with Crippen LogP contribution in [0.3, 0.4) is 0 Å². The number of alkyl halides is 5. The average molecular weight is 726 g/mol. The molecule has 0 bridgehead atoms. The summed E-state index contributed by atoms with van der Waals surface area (Å²) in [7, 11) is -2.73. The number of carbonyl (C=O) groups is 3. The van der Waals surface area contributed by atoms with Gasteiger partial charge in [0.2, 0.25) is 11.7 Å². The topological polar surface area (TPSA) is 138 Å². The molecular weight excluding hydrogens is 689 g/mol. The fraction of sp³-hybridized carbons (Fsp3) is 0.531. The Morgan fingerprint density at radius 2 is 1.67 bits per heavy atom. The first kappa shape index (κ1) is 39.3. The number of Topliss-reactive ketones (excluding diaryl/α,β-unsaturated/α-hetero) is 2. The van der Waals surface area contributed by atoms with E-state index in [-0.39, 0.29) is 5.02 Å².